The Hall–Kier alpha value is -1.27. The van der Waals surface area contributed by atoms with Gasteiger partial charge in [-0.1, -0.05) is 6.92 Å². The third-order valence-electron chi connectivity index (χ3n) is 1.67. The summed E-state index contributed by atoms with van der Waals surface area (Å²) in [5.74, 6) is 0.243. The predicted octanol–water partition coefficient (Wildman–Crippen LogP) is 1.87. The van der Waals surface area contributed by atoms with Gasteiger partial charge < -0.3 is 14.6 Å². The molecule has 0 fully saturated rings. The Balaban J connectivity index is 2.92. The van der Waals surface area contributed by atoms with E-state index in [0.29, 0.717) is 10.6 Å². The Kier molecular flexibility index (Phi) is 5.07. The number of nitrogens with zero attached hydrogens (tertiary/aromatic N) is 1. The van der Waals surface area contributed by atoms with Gasteiger partial charge in [0.2, 0.25) is 0 Å². The summed E-state index contributed by atoms with van der Waals surface area (Å²) in [5, 5.41) is 8.92. The van der Waals surface area contributed by atoms with Gasteiger partial charge in [-0.05, 0) is 11.8 Å². The Labute approximate surface area is 97.8 Å². The van der Waals surface area contributed by atoms with Crippen LogP contribution < -0.4 is 4.74 Å². The highest BCUT2D eigenvalue weighted by atomic mass is 32.2. The zero-order chi connectivity index (χ0) is 12.0. The number of aromatic carboxylic acids is 1. The molecule has 16 heavy (non-hydrogen) atoms. The van der Waals surface area contributed by atoms with Crippen LogP contribution in [0.2, 0.25) is 0 Å². The lowest BCUT2D eigenvalue weighted by molar-refractivity contribution is 0.0506. The number of pyridine rings is 1. The molecule has 1 N–H and O–H groups in total. The molecule has 0 spiro atoms. The first-order valence-corrected chi connectivity index (χ1v) is 5.65. The molecule has 0 saturated carbocycles. The molecule has 5 nitrogen and oxygen atoms in total. The van der Waals surface area contributed by atoms with Crippen LogP contribution in [0.25, 0.3) is 0 Å². The molecule has 88 valence electrons. The van der Waals surface area contributed by atoms with Crippen molar-refractivity contribution in [2.75, 3.05) is 19.7 Å². The van der Waals surface area contributed by atoms with E-state index in [-0.39, 0.29) is 12.5 Å². The second-order valence-corrected chi connectivity index (χ2v) is 4.11. The molecule has 1 aromatic heterocycles. The van der Waals surface area contributed by atoms with Crippen molar-refractivity contribution >= 4 is 17.7 Å². The second-order valence-electron chi connectivity index (χ2n) is 2.81. The van der Waals surface area contributed by atoms with Gasteiger partial charge in [-0.15, -0.1) is 11.8 Å². The molecular weight excluding hydrogens is 230 g/mol. The maximum atomic E-state index is 10.9. The highest BCUT2D eigenvalue weighted by Gasteiger charge is 2.13. The summed E-state index contributed by atoms with van der Waals surface area (Å²) >= 11 is 1.41. The number of methoxy groups -OCH3 is 1. The van der Waals surface area contributed by atoms with Crippen molar-refractivity contribution in [2.45, 2.75) is 11.8 Å². The quantitative estimate of drug-likeness (QED) is 0.607. The van der Waals surface area contributed by atoms with E-state index in [1.807, 2.05) is 6.92 Å². The topological polar surface area (TPSA) is 68.7 Å². The van der Waals surface area contributed by atoms with E-state index < -0.39 is 5.97 Å². The summed E-state index contributed by atoms with van der Waals surface area (Å²) < 4.78 is 9.94. The van der Waals surface area contributed by atoms with Crippen LogP contribution in [0.5, 0.6) is 5.75 Å². The molecule has 1 heterocycles. The van der Waals surface area contributed by atoms with Crippen molar-refractivity contribution in [3.05, 3.63) is 18.0 Å². The highest BCUT2D eigenvalue weighted by molar-refractivity contribution is 7.99. The van der Waals surface area contributed by atoms with Crippen LogP contribution >= 0.6 is 11.8 Å². The molecule has 0 bridgehead atoms. The zero-order valence-corrected chi connectivity index (χ0v) is 9.91. The van der Waals surface area contributed by atoms with Gasteiger partial charge in [0.25, 0.3) is 0 Å². The molecular formula is C10H13NO4S. The zero-order valence-electron chi connectivity index (χ0n) is 9.10. The lowest BCUT2D eigenvalue weighted by Crippen LogP contribution is -2.05. The smallest absolute Gasteiger partial charge is 0.355 e. The summed E-state index contributed by atoms with van der Waals surface area (Å²) in [6.07, 6.45) is 1.38. The third kappa shape index (κ3) is 3.39. The fourth-order valence-corrected chi connectivity index (χ4v) is 1.85. The van der Waals surface area contributed by atoms with Gasteiger partial charge in [-0.25, -0.2) is 9.78 Å². The summed E-state index contributed by atoms with van der Waals surface area (Å²) in [5.41, 5.74) is 0.0524. The fourth-order valence-electron chi connectivity index (χ4n) is 1.06. The van der Waals surface area contributed by atoms with Gasteiger partial charge >= 0.3 is 5.97 Å². The minimum atomic E-state index is -1.03. The third-order valence-corrected chi connectivity index (χ3v) is 2.58. The Morgan fingerprint density at radius 3 is 2.94 bits per heavy atom. The fraction of sp³-hybridized carbons (Fsp3) is 0.400. The number of aromatic nitrogens is 1. The van der Waals surface area contributed by atoms with Gasteiger partial charge in [0.15, 0.2) is 12.5 Å². The molecule has 1 rings (SSSR count). The molecule has 0 atom stereocenters. The molecule has 0 saturated heterocycles. The van der Waals surface area contributed by atoms with E-state index in [2.05, 4.69) is 4.98 Å². The number of carboxylic acids is 1. The van der Waals surface area contributed by atoms with Crippen LogP contribution in [-0.4, -0.2) is 35.7 Å². The normalized spacial score (nSPS) is 10.1. The first-order valence-electron chi connectivity index (χ1n) is 4.67. The first kappa shape index (κ1) is 12.8. The van der Waals surface area contributed by atoms with Crippen LogP contribution in [-0.2, 0) is 4.74 Å². The Morgan fingerprint density at radius 2 is 2.38 bits per heavy atom. The number of ether oxygens (including phenoxy) is 2. The molecule has 0 aliphatic heterocycles. The average molecular weight is 243 g/mol. The lowest BCUT2D eigenvalue weighted by Gasteiger charge is -2.07. The number of carbonyl (C=O) groups is 1. The predicted molar refractivity (Wildman–Crippen MR) is 60.1 cm³/mol. The van der Waals surface area contributed by atoms with Crippen molar-refractivity contribution in [1.82, 2.24) is 4.98 Å². The van der Waals surface area contributed by atoms with E-state index in [1.165, 1.54) is 25.1 Å². The van der Waals surface area contributed by atoms with Crippen molar-refractivity contribution in [1.29, 1.82) is 0 Å². The molecule has 1 aromatic rings. The van der Waals surface area contributed by atoms with Gasteiger partial charge in [0, 0.05) is 12.0 Å². The SMILES string of the molecule is CCSc1cc(OCOC)cnc1C(=O)O. The van der Waals surface area contributed by atoms with Crippen molar-refractivity contribution in [3.8, 4) is 5.75 Å². The number of carboxylic acid groups (broad SMARTS) is 1. The molecule has 0 amide bonds. The summed E-state index contributed by atoms with van der Waals surface area (Å²) in [6.45, 7) is 2.06. The minimum absolute atomic E-state index is 0.0524. The highest BCUT2D eigenvalue weighted by Crippen LogP contribution is 2.25. The Bertz CT molecular complexity index is 370. The van der Waals surface area contributed by atoms with Crippen LogP contribution in [0.4, 0.5) is 0 Å². The van der Waals surface area contributed by atoms with E-state index in [4.69, 9.17) is 14.6 Å². The molecule has 0 radical (unpaired) electrons. The maximum absolute atomic E-state index is 10.9. The van der Waals surface area contributed by atoms with Crippen molar-refractivity contribution in [3.63, 3.8) is 0 Å². The average Bonchev–Trinajstić information content (AvgIpc) is 2.26. The van der Waals surface area contributed by atoms with Gasteiger partial charge in [0.1, 0.15) is 5.75 Å². The number of thioether (sulfide) groups is 1. The van der Waals surface area contributed by atoms with E-state index >= 15 is 0 Å². The first-order chi connectivity index (χ1) is 7.69. The second kappa shape index (κ2) is 6.34. The van der Waals surface area contributed by atoms with Crippen LogP contribution in [0.15, 0.2) is 17.2 Å². The van der Waals surface area contributed by atoms with Crippen molar-refractivity contribution in [2.24, 2.45) is 0 Å². The molecule has 0 unspecified atom stereocenters. The molecule has 0 aliphatic carbocycles. The lowest BCUT2D eigenvalue weighted by atomic mass is 10.3. The van der Waals surface area contributed by atoms with E-state index in [9.17, 15) is 4.79 Å². The van der Waals surface area contributed by atoms with Crippen LogP contribution in [0, 0.1) is 0 Å². The number of hydrogen-bond donors (Lipinski definition) is 1. The van der Waals surface area contributed by atoms with E-state index in [1.54, 1.807) is 6.07 Å². The minimum Gasteiger partial charge on any atom is -0.476 e. The van der Waals surface area contributed by atoms with Gasteiger partial charge in [-0.2, -0.15) is 0 Å². The number of hydrogen-bond acceptors (Lipinski definition) is 5. The summed E-state index contributed by atoms with van der Waals surface area (Å²) in [6, 6.07) is 1.66. The van der Waals surface area contributed by atoms with Crippen molar-refractivity contribution < 1.29 is 19.4 Å². The summed E-state index contributed by atoms with van der Waals surface area (Å²) in [4.78, 5) is 15.3. The molecule has 0 aromatic carbocycles. The number of rotatable bonds is 6. The Morgan fingerprint density at radius 1 is 1.62 bits per heavy atom. The van der Waals surface area contributed by atoms with Gasteiger partial charge in [0.05, 0.1) is 6.20 Å². The van der Waals surface area contributed by atoms with Gasteiger partial charge in [-0.3, -0.25) is 0 Å². The standard InChI is InChI=1S/C10H13NO4S/c1-3-16-8-4-7(15-6-14-2)5-11-9(8)10(12)13/h4-5H,3,6H2,1-2H3,(H,12,13). The van der Waals surface area contributed by atoms with Crippen LogP contribution in [0.1, 0.15) is 17.4 Å². The summed E-state index contributed by atoms with van der Waals surface area (Å²) in [7, 11) is 1.51. The monoisotopic (exact) mass is 243 g/mol. The van der Waals surface area contributed by atoms with Crippen LogP contribution in [0.3, 0.4) is 0 Å². The molecule has 6 heteroatoms. The molecule has 0 aliphatic rings. The largest absolute Gasteiger partial charge is 0.476 e. The van der Waals surface area contributed by atoms with E-state index in [0.717, 1.165) is 5.75 Å². The maximum Gasteiger partial charge on any atom is 0.355 e.